The van der Waals surface area contributed by atoms with E-state index in [1.807, 2.05) is 57.1 Å². The molecule has 5 rings (SSSR count). The molecule has 2 N–H and O–H groups in total. The van der Waals surface area contributed by atoms with E-state index in [4.69, 9.17) is 28.5 Å². The molecule has 330 valence electrons. The number of esters is 1. The van der Waals surface area contributed by atoms with Gasteiger partial charge in [0.05, 0.1) is 37.1 Å². The number of amides is 1. The lowest BCUT2D eigenvalue weighted by atomic mass is 9.76. The smallest absolute Gasteiger partial charge is 0.316 e. The van der Waals surface area contributed by atoms with Gasteiger partial charge in [0, 0.05) is 49.0 Å². The Balaban J connectivity index is 1.62. The fraction of sp³-hybridized carbons (Fsp3) is 0.659. The van der Waals surface area contributed by atoms with E-state index < -0.39 is 77.3 Å². The number of carbonyl (C=O) groups is 3. The first kappa shape index (κ1) is 47.0. The zero-order chi connectivity index (χ0) is 43.9. The molecule has 2 aromatic rings. The summed E-state index contributed by atoms with van der Waals surface area (Å²) in [5.74, 6) is -4.02. The molecule has 12 atom stereocenters. The molecule has 2 bridgehead atoms. The summed E-state index contributed by atoms with van der Waals surface area (Å²) >= 11 is 0. The fourth-order valence-electron chi connectivity index (χ4n) is 8.47. The molecule has 3 aliphatic heterocycles. The molecular formula is C44H63N5O11. The fourth-order valence-corrected chi connectivity index (χ4v) is 8.47. The van der Waals surface area contributed by atoms with Crippen molar-refractivity contribution < 1.29 is 53.1 Å². The van der Waals surface area contributed by atoms with Crippen molar-refractivity contribution in [2.75, 3.05) is 27.3 Å². The lowest BCUT2D eigenvalue weighted by molar-refractivity contribution is -0.296. The third kappa shape index (κ3) is 11.3. The third-order valence-electron chi connectivity index (χ3n) is 11.9. The van der Waals surface area contributed by atoms with Crippen LogP contribution >= 0.6 is 0 Å². The average Bonchev–Trinajstić information content (AvgIpc) is 3.23. The average molecular weight is 838 g/mol. The van der Waals surface area contributed by atoms with Gasteiger partial charge in [0.25, 0.3) is 0 Å². The van der Waals surface area contributed by atoms with Crippen LogP contribution in [-0.2, 0) is 49.5 Å². The van der Waals surface area contributed by atoms with E-state index in [1.165, 1.54) is 20.8 Å². The number of fused-ring (bicyclic) bond motifs is 5. The van der Waals surface area contributed by atoms with Crippen LogP contribution in [0.4, 0.5) is 0 Å². The molecule has 16 heteroatoms. The van der Waals surface area contributed by atoms with Crippen LogP contribution in [0.3, 0.4) is 0 Å². The maximum atomic E-state index is 14.5. The van der Waals surface area contributed by atoms with Crippen LogP contribution in [0.1, 0.15) is 86.6 Å². The van der Waals surface area contributed by atoms with E-state index >= 15 is 0 Å². The molecule has 3 fully saturated rings. The van der Waals surface area contributed by atoms with Gasteiger partial charge in [-0.05, 0) is 84.7 Å². The molecule has 16 nitrogen and oxygen atoms in total. The number of nitrogens with zero attached hydrogens (tertiary/aromatic N) is 5. The molecule has 0 aliphatic carbocycles. The minimum Gasteiger partial charge on any atom is -0.459 e. The third-order valence-corrected chi connectivity index (χ3v) is 11.9. The standard InChI is InChI=1S/C44H63N5O11/c1-11-35-44(8,54)36-20-33(47-29(6)50)25(2)21-43(7,56-24-32(23-55-36)48-57-22-30-14-12-15-31(19-30)40-45-16-13-17-46-40)39(27(4)37(51)28(5)41(53)59-35)60-42-38(52)34(49(9)10)18-26(3)58-42/h12-17,19,25-28,34-36,38-39,42,52,54H,11,18,20-24H2,1-10H3/b47-33?,48-32-/t25-,26-,27+,28-,34+,35-,36-,38-,39-,42+,43-,44-/m1/s1. The molecule has 3 saturated heterocycles. The number of Topliss-reactive ketones (excluding diaryl/α,β-unsaturated/α-hetero) is 1. The lowest BCUT2D eigenvalue weighted by Gasteiger charge is -2.47. The number of ketones is 1. The summed E-state index contributed by atoms with van der Waals surface area (Å²) in [7, 11) is 3.73. The van der Waals surface area contributed by atoms with Gasteiger partial charge in [-0.3, -0.25) is 14.4 Å². The minimum atomic E-state index is -1.83. The largest absolute Gasteiger partial charge is 0.459 e. The predicted octanol–water partition coefficient (Wildman–Crippen LogP) is 4.33. The molecule has 1 aromatic heterocycles. The number of hydrogen-bond acceptors (Lipinski definition) is 15. The van der Waals surface area contributed by atoms with Crippen LogP contribution in [-0.4, -0.2) is 136 Å². The van der Waals surface area contributed by atoms with Crippen LogP contribution in [0.5, 0.6) is 0 Å². The molecule has 4 heterocycles. The van der Waals surface area contributed by atoms with Crippen molar-refractivity contribution in [2.24, 2.45) is 27.9 Å². The van der Waals surface area contributed by atoms with Crippen LogP contribution in [0.15, 0.2) is 52.9 Å². The molecule has 0 unspecified atom stereocenters. The first-order valence-electron chi connectivity index (χ1n) is 20.8. The number of aromatic nitrogens is 2. The van der Waals surface area contributed by atoms with Crippen molar-refractivity contribution >= 4 is 29.1 Å². The number of ether oxygens (including phenoxy) is 5. The number of cyclic esters (lactones) is 1. The summed E-state index contributed by atoms with van der Waals surface area (Å²) in [5.41, 5.74) is -0.925. The Bertz CT molecular complexity index is 1860. The maximum absolute atomic E-state index is 14.5. The van der Waals surface area contributed by atoms with Gasteiger partial charge in [-0.25, -0.2) is 15.0 Å². The summed E-state index contributed by atoms with van der Waals surface area (Å²) in [6, 6.07) is 8.98. The Morgan fingerprint density at radius 2 is 1.78 bits per heavy atom. The van der Waals surface area contributed by atoms with Crippen molar-refractivity contribution in [3.8, 4) is 11.4 Å². The van der Waals surface area contributed by atoms with Crippen molar-refractivity contribution in [3.05, 3.63) is 48.3 Å². The lowest BCUT2D eigenvalue weighted by Crippen LogP contribution is -2.59. The summed E-state index contributed by atoms with van der Waals surface area (Å²) in [6.45, 7) is 13.0. The number of aliphatic imine (C=N–C) groups is 1. The number of likely N-dealkylation sites (N-methyl/N-ethyl adjacent to an activating group) is 1. The van der Waals surface area contributed by atoms with Gasteiger partial charge in [0.2, 0.25) is 5.91 Å². The van der Waals surface area contributed by atoms with Crippen LogP contribution in [0.25, 0.3) is 11.4 Å². The zero-order valence-corrected chi connectivity index (χ0v) is 36.6. The Morgan fingerprint density at radius 1 is 1.07 bits per heavy atom. The monoisotopic (exact) mass is 837 g/mol. The van der Waals surface area contributed by atoms with E-state index in [1.54, 1.807) is 39.2 Å². The highest BCUT2D eigenvalue weighted by Crippen LogP contribution is 2.39. The highest BCUT2D eigenvalue weighted by molar-refractivity contribution is 6.00. The second kappa shape index (κ2) is 20.2. The van der Waals surface area contributed by atoms with Gasteiger partial charge in [-0.1, -0.05) is 44.1 Å². The van der Waals surface area contributed by atoms with Gasteiger partial charge >= 0.3 is 5.97 Å². The Hall–Kier alpha value is -4.03. The molecular weight excluding hydrogens is 775 g/mol. The molecule has 0 radical (unpaired) electrons. The summed E-state index contributed by atoms with van der Waals surface area (Å²) in [6.07, 6.45) is -1.75. The second-order valence-corrected chi connectivity index (χ2v) is 17.1. The van der Waals surface area contributed by atoms with Crippen LogP contribution < -0.4 is 0 Å². The summed E-state index contributed by atoms with van der Waals surface area (Å²) in [5, 5.41) is 28.4. The number of carbonyl (C=O) groups excluding carboxylic acids is 3. The zero-order valence-electron chi connectivity index (χ0n) is 36.6. The second-order valence-electron chi connectivity index (χ2n) is 17.1. The SMILES string of the molecule is CC[C@H]1OC(=O)[C@H](C)C(=O)[C@H](C)[C@@H](O[C@@H]2O[C@H](C)C[C@H](N(C)C)[C@H]2O)[C@@]2(C)C[C@@H](C)C(=NC(C)=O)C[C@@H](OC/C(=N/OCc3cccc(-c4ncccn4)c3)CO2)[C@]1(C)O. The molecule has 0 saturated carbocycles. The van der Waals surface area contributed by atoms with Gasteiger partial charge in [-0.2, -0.15) is 0 Å². The Kier molecular flexibility index (Phi) is 15.9. The van der Waals surface area contributed by atoms with Crippen molar-refractivity contribution in [3.63, 3.8) is 0 Å². The number of aliphatic hydroxyl groups is 2. The quantitative estimate of drug-likeness (QED) is 0.216. The molecule has 1 aromatic carbocycles. The van der Waals surface area contributed by atoms with Crippen molar-refractivity contribution in [2.45, 2.75) is 142 Å². The van der Waals surface area contributed by atoms with E-state index in [0.717, 1.165) is 11.1 Å². The number of hydrogen-bond donors (Lipinski definition) is 2. The molecule has 60 heavy (non-hydrogen) atoms. The van der Waals surface area contributed by atoms with Gasteiger partial charge in [-0.15, -0.1) is 0 Å². The minimum absolute atomic E-state index is 0.0254. The Morgan fingerprint density at radius 3 is 2.45 bits per heavy atom. The van der Waals surface area contributed by atoms with Crippen LogP contribution in [0.2, 0.25) is 0 Å². The maximum Gasteiger partial charge on any atom is 0.316 e. The van der Waals surface area contributed by atoms with Gasteiger partial charge in [0.15, 0.2) is 17.9 Å². The first-order chi connectivity index (χ1) is 28.3. The van der Waals surface area contributed by atoms with Crippen molar-refractivity contribution in [1.82, 2.24) is 14.9 Å². The number of oxime groups is 1. The highest BCUT2D eigenvalue weighted by Gasteiger charge is 2.51. The number of benzene rings is 1. The summed E-state index contributed by atoms with van der Waals surface area (Å²) < 4.78 is 32.3. The molecule has 1 amide bonds. The topological polar surface area (TPSA) is 201 Å². The summed E-state index contributed by atoms with van der Waals surface area (Å²) in [4.78, 5) is 62.0. The van der Waals surface area contributed by atoms with E-state index in [9.17, 15) is 24.6 Å². The predicted molar refractivity (Wildman–Crippen MR) is 222 cm³/mol. The molecule has 3 aliphatic rings. The van der Waals surface area contributed by atoms with Crippen LogP contribution in [0, 0.1) is 17.8 Å². The highest BCUT2D eigenvalue weighted by atomic mass is 16.7. The number of rotatable bonds is 8. The van der Waals surface area contributed by atoms with Gasteiger partial charge < -0.3 is 43.6 Å². The van der Waals surface area contributed by atoms with E-state index in [0.29, 0.717) is 23.7 Å². The van der Waals surface area contributed by atoms with Gasteiger partial charge in [0.1, 0.15) is 36.0 Å². The van der Waals surface area contributed by atoms with Crippen molar-refractivity contribution in [1.29, 1.82) is 0 Å². The Labute approximate surface area is 353 Å². The molecule has 0 spiro atoms. The van der Waals surface area contributed by atoms with E-state index in [2.05, 4.69) is 20.1 Å². The van der Waals surface area contributed by atoms with E-state index in [-0.39, 0.29) is 51.2 Å². The first-order valence-corrected chi connectivity index (χ1v) is 20.8. The number of aliphatic hydroxyl groups excluding tert-OH is 1. The normalized spacial score (nSPS) is 36.3.